The second kappa shape index (κ2) is 4.98. The third-order valence-electron chi connectivity index (χ3n) is 2.31. The van der Waals surface area contributed by atoms with Crippen LogP contribution in [0.2, 0.25) is 0 Å². The molecule has 2 rings (SSSR count). The Bertz CT molecular complexity index is 357. The molecule has 0 unspecified atom stereocenters. The molecule has 1 aromatic rings. The first kappa shape index (κ1) is 10.9. The van der Waals surface area contributed by atoms with Gasteiger partial charge in [-0.05, 0) is 6.92 Å². The molecule has 0 atom stereocenters. The van der Waals surface area contributed by atoms with E-state index in [0.717, 1.165) is 13.1 Å². The fourth-order valence-electron chi connectivity index (χ4n) is 1.50. The maximum atomic E-state index is 11.4. The monoisotopic (exact) mass is 226 g/mol. The van der Waals surface area contributed by atoms with Crippen LogP contribution in [0.4, 0.5) is 5.88 Å². The van der Waals surface area contributed by atoms with E-state index in [1.165, 1.54) is 0 Å². The van der Waals surface area contributed by atoms with Crippen LogP contribution in [0.5, 0.6) is 0 Å². The highest BCUT2D eigenvalue weighted by molar-refractivity contribution is 5.87. The van der Waals surface area contributed by atoms with Crippen molar-refractivity contribution in [3.05, 3.63) is 11.8 Å². The maximum absolute atomic E-state index is 11.4. The van der Waals surface area contributed by atoms with Crippen molar-refractivity contribution in [2.24, 2.45) is 0 Å². The first-order valence-corrected chi connectivity index (χ1v) is 5.28. The molecule has 1 aliphatic rings. The number of ether oxygens (including phenoxy) is 2. The molecule has 0 saturated carbocycles. The zero-order chi connectivity index (χ0) is 11.4. The van der Waals surface area contributed by atoms with Crippen LogP contribution in [-0.4, -0.2) is 44.0 Å². The van der Waals surface area contributed by atoms with E-state index < -0.39 is 5.97 Å². The minimum atomic E-state index is -0.453. The van der Waals surface area contributed by atoms with Gasteiger partial charge in [0.05, 0.1) is 19.8 Å². The standard InChI is InChI=1S/C10H14N2O4/c1-2-15-10(13)8-7-9(16-11-8)12-3-5-14-6-4-12/h7H,2-6H2,1H3. The summed E-state index contributed by atoms with van der Waals surface area (Å²) in [5, 5.41) is 3.68. The van der Waals surface area contributed by atoms with Gasteiger partial charge in [-0.2, -0.15) is 0 Å². The topological polar surface area (TPSA) is 64.8 Å². The number of carbonyl (C=O) groups is 1. The Kier molecular flexibility index (Phi) is 3.40. The summed E-state index contributed by atoms with van der Waals surface area (Å²) in [6.07, 6.45) is 0. The molecule has 1 aliphatic heterocycles. The van der Waals surface area contributed by atoms with Crippen LogP contribution in [0.15, 0.2) is 10.6 Å². The molecule has 6 nitrogen and oxygen atoms in total. The number of anilines is 1. The minimum Gasteiger partial charge on any atom is -0.461 e. The summed E-state index contributed by atoms with van der Waals surface area (Å²) in [7, 11) is 0. The molecule has 1 fully saturated rings. The number of morpholine rings is 1. The van der Waals surface area contributed by atoms with Crippen molar-refractivity contribution < 1.29 is 18.8 Å². The van der Waals surface area contributed by atoms with E-state index in [1.807, 2.05) is 4.90 Å². The Morgan fingerprint density at radius 2 is 2.31 bits per heavy atom. The predicted octanol–water partition coefficient (Wildman–Crippen LogP) is 0.688. The van der Waals surface area contributed by atoms with Gasteiger partial charge in [0.1, 0.15) is 0 Å². The third kappa shape index (κ3) is 2.33. The number of nitrogens with zero attached hydrogens (tertiary/aromatic N) is 2. The van der Waals surface area contributed by atoms with E-state index in [1.54, 1.807) is 13.0 Å². The first-order valence-electron chi connectivity index (χ1n) is 5.28. The Morgan fingerprint density at radius 1 is 1.56 bits per heavy atom. The van der Waals surface area contributed by atoms with E-state index >= 15 is 0 Å². The van der Waals surface area contributed by atoms with Gasteiger partial charge < -0.3 is 18.9 Å². The van der Waals surface area contributed by atoms with Gasteiger partial charge in [0.25, 0.3) is 0 Å². The molecule has 0 N–H and O–H groups in total. The fourth-order valence-corrected chi connectivity index (χ4v) is 1.50. The van der Waals surface area contributed by atoms with Crippen molar-refractivity contribution in [3.63, 3.8) is 0 Å². The normalized spacial score (nSPS) is 16.2. The van der Waals surface area contributed by atoms with Crippen LogP contribution in [0.25, 0.3) is 0 Å². The lowest BCUT2D eigenvalue weighted by Crippen LogP contribution is -2.35. The molecule has 16 heavy (non-hydrogen) atoms. The van der Waals surface area contributed by atoms with Crippen molar-refractivity contribution >= 4 is 11.9 Å². The lowest BCUT2D eigenvalue weighted by Gasteiger charge is -2.25. The van der Waals surface area contributed by atoms with E-state index in [-0.39, 0.29) is 5.69 Å². The number of hydrogen-bond donors (Lipinski definition) is 0. The molecular weight excluding hydrogens is 212 g/mol. The van der Waals surface area contributed by atoms with Gasteiger partial charge in [0.2, 0.25) is 5.88 Å². The van der Waals surface area contributed by atoms with Gasteiger partial charge >= 0.3 is 5.97 Å². The molecule has 2 heterocycles. The fraction of sp³-hybridized carbons (Fsp3) is 0.600. The summed E-state index contributed by atoms with van der Waals surface area (Å²) < 4.78 is 15.1. The highest BCUT2D eigenvalue weighted by Crippen LogP contribution is 2.17. The van der Waals surface area contributed by atoms with Crippen LogP contribution < -0.4 is 4.90 Å². The Morgan fingerprint density at radius 3 is 3.00 bits per heavy atom. The zero-order valence-corrected chi connectivity index (χ0v) is 9.14. The molecule has 1 saturated heterocycles. The van der Waals surface area contributed by atoms with Crippen LogP contribution in [0, 0.1) is 0 Å². The number of carbonyl (C=O) groups excluding carboxylic acids is 1. The summed E-state index contributed by atoms with van der Waals surface area (Å²) in [4.78, 5) is 13.3. The smallest absolute Gasteiger partial charge is 0.360 e. The van der Waals surface area contributed by atoms with Crippen LogP contribution in [0.1, 0.15) is 17.4 Å². The largest absolute Gasteiger partial charge is 0.461 e. The van der Waals surface area contributed by atoms with Crippen molar-refractivity contribution in [1.29, 1.82) is 0 Å². The average Bonchev–Trinajstić information content (AvgIpc) is 2.80. The molecule has 0 aromatic carbocycles. The molecule has 1 aromatic heterocycles. The minimum absolute atomic E-state index is 0.211. The van der Waals surface area contributed by atoms with Gasteiger partial charge in [-0.1, -0.05) is 5.16 Å². The third-order valence-corrected chi connectivity index (χ3v) is 2.31. The van der Waals surface area contributed by atoms with E-state index in [2.05, 4.69) is 5.16 Å². The highest BCUT2D eigenvalue weighted by atomic mass is 16.5. The van der Waals surface area contributed by atoms with E-state index in [4.69, 9.17) is 14.0 Å². The molecule has 0 aliphatic carbocycles. The molecule has 0 bridgehead atoms. The SMILES string of the molecule is CCOC(=O)c1cc(N2CCOCC2)on1. The summed E-state index contributed by atoms with van der Waals surface area (Å²) in [6, 6.07) is 1.60. The number of aromatic nitrogens is 1. The lowest BCUT2D eigenvalue weighted by atomic mass is 10.4. The summed E-state index contributed by atoms with van der Waals surface area (Å²) in [5.41, 5.74) is 0.211. The van der Waals surface area contributed by atoms with Crippen LogP contribution in [0.3, 0.4) is 0 Å². The quantitative estimate of drug-likeness (QED) is 0.706. The molecule has 0 amide bonds. The Balaban J connectivity index is 2.03. The summed E-state index contributed by atoms with van der Waals surface area (Å²) >= 11 is 0. The molecular formula is C10H14N2O4. The van der Waals surface area contributed by atoms with Crippen molar-refractivity contribution in [2.75, 3.05) is 37.8 Å². The number of hydrogen-bond acceptors (Lipinski definition) is 6. The predicted molar refractivity (Wildman–Crippen MR) is 55.5 cm³/mol. The maximum Gasteiger partial charge on any atom is 0.360 e. The van der Waals surface area contributed by atoms with Gasteiger partial charge in [-0.15, -0.1) is 0 Å². The second-order valence-corrected chi connectivity index (χ2v) is 3.37. The van der Waals surface area contributed by atoms with Gasteiger partial charge in [0, 0.05) is 19.2 Å². The van der Waals surface area contributed by atoms with Crippen molar-refractivity contribution in [3.8, 4) is 0 Å². The average molecular weight is 226 g/mol. The van der Waals surface area contributed by atoms with Crippen molar-refractivity contribution in [2.45, 2.75) is 6.92 Å². The second-order valence-electron chi connectivity index (χ2n) is 3.37. The van der Waals surface area contributed by atoms with Gasteiger partial charge in [-0.25, -0.2) is 4.79 Å². The Labute approximate surface area is 93.1 Å². The van der Waals surface area contributed by atoms with E-state index in [9.17, 15) is 4.79 Å². The van der Waals surface area contributed by atoms with Crippen molar-refractivity contribution in [1.82, 2.24) is 5.16 Å². The summed E-state index contributed by atoms with van der Waals surface area (Å²) in [6.45, 7) is 4.90. The molecule has 6 heteroatoms. The van der Waals surface area contributed by atoms with Gasteiger partial charge in [0.15, 0.2) is 5.69 Å². The van der Waals surface area contributed by atoms with Gasteiger partial charge in [-0.3, -0.25) is 0 Å². The zero-order valence-electron chi connectivity index (χ0n) is 9.14. The van der Waals surface area contributed by atoms with E-state index in [0.29, 0.717) is 25.7 Å². The summed E-state index contributed by atoms with van der Waals surface area (Å²) in [5.74, 6) is 0.136. The van der Waals surface area contributed by atoms with Crippen LogP contribution in [-0.2, 0) is 9.47 Å². The molecule has 0 radical (unpaired) electrons. The molecule has 88 valence electrons. The van der Waals surface area contributed by atoms with Crippen LogP contribution >= 0.6 is 0 Å². The number of rotatable bonds is 3. The lowest BCUT2D eigenvalue weighted by molar-refractivity contribution is 0.0514. The first-order chi connectivity index (χ1) is 7.81. The highest BCUT2D eigenvalue weighted by Gasteiger charge is 2.19. The molecule has 0 spiro atoms. The Hall–Kier alpha value is -1.56. The number of esters is 1.